The smallest absolute Gasteiger partial charge is 0.246 e. The molecule has 1 aromatic rings. The summed E-state index contributed by atoms with van der Waals surface area (Å²) < 4.78 is 26.0. The highest BCUT2D eigenvalue weighted by Gasteiger charge is 2.34. The number of H-pyrrole nitrogens is 1. The van der Waals surface area contributed by atoms with Crippen molar-refractivity contribution in [2.24, 2.45) is 0 Å². The van der Waals surface area contributed by atoms with E-state index in [4.69, 9.17) is 0 Å². The van der Waals surface area contributed by atoms with Gasteiger partial charge in [0.05, 0.1) is 6.20 Å². The minimum Gasteiger partial charge on any atom is -0.284 e. The lowest BCUT2D eigenvalue weighted by Crippen LogP contribution is -2.43. The van der Waals surface area contributed by atoms with Gasteiger partial charge in [0.25, 0.3) is 0 Å². The quantitative estimate of drug-likeness (QED) is 0.862. The number of halogens is 1. The molecule has 1 fully saturated rings. The summed E-state index contributed by atoms with van der Waals surface area (Å²) in [6.45, 7) is 0. The number of alkyl halides is 1. The summed E-state index contributed by atoms with van der Waals surface area (Å²) in [7, 11) is -1.77. The van der Waals surface area contributed by atoms with Crippen LogP contribution in [0.2, 0.25) is 0 Å². The first-order valence-corrected chi connectivity index (χ1v) is 8.00. The van der Waals surface area contributed by atoms with Gasteiger partial charge in [0.2, 0.25) is 10.0 Å². The fraction of sp³-hybridized carbons (Fsp3) is 0.700. The third kappa shape index (κ3) is 2.56. The topological polar surface area (TPSA) is 66.1 Å². The second kappa shape index (κ2) is 5.07. The Morgan fingerprint density at radius 1 is 1.47 bits per heavy atom. The Morgan fingerprint density at radius 2 is 2.18 bits per heavy atom. The summed E-state index contributed by atoms with van der Waals surface area (Å²) >= 11 is 3.58. The number of nitrogens with one attached hydrogen (secondary N) is 1. The second-order valence-corrected chi connectivity index (χ2v) is 7.50. The minimum atomic E-state index is -3.42. The fourth-order valence-electron chi connectivity index (χ4n) is 2.20. The van der Waals surface area contributed by atoms with E-state index in [0.717, 1.165) is 25.7 Å². The van der Waals surface area contributed by atoms with Crippen molar-refractivity contribution < 1.29 is 8.42 Å². The molecule has 1 saturated carbocycles. The molecule has 0 spiro atoms. The Bertz CT molecular complexity index is 460. The maximum atomic E-state index is 12.3. The first kappa shape index (κ1) is 13.0. The van der Waals surface area contributed by atoms with Crippen molar-refractivity contribution in [3.8, 4) is 0 Å². The lowest BCUT2D eigenvalue weighted by atomic mass is 9.96. The van der Waals surface area contributed by atoms with E-state index in [9.17, 15) is 8.42 Å². The molecule has 1 aliphatic carbocycles. The van der Waals surface area contributed by atoms with Crippen LogP contribution in [0.5, 0.6) is 0 Å². The molecule has 7 heteroatoms. The molecule has 2 rings (SSSR count). The minimum absolute atomic E-state index is 0.0312. The van der Waals surface area contributed by atoms with Crippen molar-refractivity contribution in [1.29, 1.82) is 0 Å². The van der Waals surface area contributed by atoms with Crippen LogP contribution < -0.4 is 0 Å². The van der Waals surface area contributed by atoms with Crippen LogP contribution in [0.15, 0.2) is 17.3 Å². The van der Waals surface area contributed by atoms with Gasteiger partial charge in [-0.2, -0.15) is 9.40 Å². The van der Waals surface area contributed by atoms with E-state index in [1.165, 1.54) is 16.7 Å². The molecule has 0 amide bonds. The van der Waals surface area contributed by atoms with Gasteiger partial charge in [-0.3, -0.25) is 5.10 Å². The SMILES string of the molecule is CN(C1CCCCC1Br)S(=O)(=O)c1cn[nH]c1. The van der Waals surface area contributed by atoms with Crippen LogP contribution in [0.1, 0.15) is 25.7 Å². The van der Waals surface area contributed by atoms with Gasteiger partial charge in [-0.05, 0) is 12.8 Å². The standard InChI is InChI=1S/C10H16BrN3O2S/c1-14(10-5-3-2-4-9(10)11)17(15,16)8-6-12-13-7-8/h6-7,9-10H,2-5H2,1H3,(H,12,13). The predicted molar refractivity (Wildman–Crippen MR) is 68.5 cm³/mol. The van der Waals surface area contributed by atoms with Gasteiger partial charge >= 0.3 is 0 Å². The lowest BCUT2D eigenvalue weighted by Gasteiger charge is -2.34. The van der Waals surface area contributed by atoms with Gasteiger partial charge in [-0.1, -0.05) is 28.8 Å². The van der Waals surface area contributed by atoms with Crippen molar-refractivity contribution in [2.45, 2.75) is 41.4 Å². The maximum absolute atomic E-state index is 12.3. The van der Waals surface area contributed by atoms with E-state index >= 15 is 0 Å². The molecule has 2 atom stereocenters. The third-order valence-electron chi connectivity index (χ3n) is 3.26. The molecule has 1 heterocycles. The largest absolute Gasteiger partial charge is 0.284 e. The maximum Gasteiger partial charge on any atom is 0.246 e. The van der Waals surface area contributed by atoms with Gasteiger partial charge in [0.15, 0.2) is 0 Å². The van der Waals surface area contributed by atoms with Crippen LogP contribution in [-0.4, -0.2) is 40.8 Å². The van der Waals surface area contributed by atoms with Crippen molar-refractivity contribution in [1.82, 2.24) is 14.5 Å². The molecule has 0 radical (unpaired) electrons. The molecule has 5 nitrogen and oxygen atoms in total. The molecule has 0 aliphatic heterocycles. The number of aromatic nitrogens is 2. The van der Waals surface area contributed by atoms with E-state index in [1.807, 2.05) is 0 Å². The van der Waals surface area contributed by atoms with E-state index < -0.39 is 10.0 Å². The highest BCUT2D eigenvalue weighted by Crippen LogP contribution is 2.30. The Morgan fingerprint density at radius 3 is 2.76 bits per heavy atom. The van der Waals surface area contributed by atoms with E-state index in [1.54, 1.807) is 7.05 Å². The Labute approximate surface area is 110 Å². The fourth-order valence-corrected chi connectivity index (χ4v) is 4.63. The molecular formula is C10H16BrN3O2S. The molecule has 96 valence electrons. The van der Waals surface area contributed by atoms with Crippen LogP contribution in [0.3, 0.4) is 0 Å². The second-order valence-electron chi connectivity index (χ2n) is 4.32. The van der Waals surface area contributed by atoms with Crippen molar-refractivity contribution in [3.63, 3.8) is 0 Å². The summed E-state index contributed by atoms with van der Waals surface area (Å²) in [5, 5.41) is 6.23. The number of aromatic amines is 1. The highest BCUT2D eigenvalue weighted by molar-refractivity contribution is 9.09. The number of rotatable bonds is 3. The monoisotopic (exact) mass is 321 g/mol. The lowest BCUT2D eigenvalue weighted by molar-refractivity contribution is 0.297. The summed E-state index contributed by atoms with van der Waals surface area (Å²) in [5.74, 6) is 0. The average molecular weight is 322 g/mol. The summed E-state index contributed by atoms with van der Waals surface area (Å²) in [6, 6.07) is 0.0312. The van der Waals surface area contributed by atoms with Crippen LogP contribution in [0.4, 0.5) is 0 Å². The van der Waals surface area contributed by atoms with Gasteiger partial charge in [0.1, 0.15) is 4.90 Å². The molecule has 1 aromatic heterocycles. The van der Waals surface area contributed by atoms with E-state index in [-0.39, 0.29) is 15.8 Å². The highest BCUT2D eigenvalue weighted by atomic mass is 79.9. The van der Waals surface area contributed by atoms with Gasteiger partial charge in [-0.25, -0.2) is 8.42 Å². The zero-order valence-corrected chi connectivity index (χ0v) is 12.0. The van der Waals surface area contributed by atoms with Crippen molar-refractivity contribution >= 4 is 26.0 Å². The van der Waals surface area contributed by atoms with Gasteiger partial charge < -0.3 is 0 Å². The molecular weight excluding hydrogens is 306 g/mol. The number of sulfonamides is 1. The van der Waals surface area contributed by atoms with E-state index in [0.29, 0.717) is 0 Å². The van der Waals surface area contributed by atoms with E-state index in [2.05, 4.69) is 26.1 Å². The molecule has 17 heavy (non-hydrogen) atoms. The predicted octanol–water partition coefficient (Wildman–Crippen LogP) is 1.74. The summed E-state index contributed by atoms with van der Waals surface area (Å²) in [5.41, 5.74) is 0. The summed E-state index contributed by atoms with van der Waals surface area (Å²) in [4.78, 5) is 0.466. The molecule has 0 bridgehead atoms. The van der Waals surface area contributed by atoms with Crippen LogP contribution in [0.25, 0.3) is 0 Å². The Balaban J connectivity index is 2.22. The number of hydrogen-bond acceptors (Lipinski definition) is 3. The molecule has 1 aliphatic rings. The third-order valence-corrected chi connectivity index (χ3v) is 6.18. The first-order chi connectivity index (χ1) is 8.03. The first-order valence-electron chi connectivity index (χ1n) is 5.64. The van der Waals surface area contributed by atoms with Crippen molar-refractivity contribution in [3.05, 3.63) is 12.4 Å². The molecule has 0 saturated heterocycles. The molecule has 1 N–H and O–H groups in total. The van der Waals surface area contributed by atoms with Gasteiger partial charge in [0, 0.05) is 24.1 Å². The Hall–Kier alpha value is -0.400. The zero-order chi connectivity index (χ0) is 12.5. The van der Waals surface area contributed by atoms with Gasteiger partial charge in [-0.15, -0.1) is 0 Å². The normalized spacial score (nSPS) is 26.3. The van der Waals surface area contributed by atoms with Crippen molar-refractivity contribution in [2.75, 3.05) is 7.05 Å². The molecule has 2 unspecified atom stereocenters. The van der Waals surface area contributed by atoms with Crippen LogP contribution in [0, 0.1) is 0 Å². The average Bonchev–Trinajstić information content (AvgIpc) is 2.83. The summed E-state index contributed by atoms with van der Waals surface area (Å²) in [6.07, 6.45) is 6.93. The number of hydrogen-bond donors (Lipinski definition) is 1. The Kier molecular flexibility index (Phi) is 3.89. The number of nitrogens with zero attached hydrogens (tertiary/aromatic N) is 2. The molecule has 0 aromatic carbocycles. The van der Waals surface area contributed by atoms with Crippen LogP contribution in [-0.2, 0) is 10.0 Å². The zero-order valence-electron chi connectivity index (χ0n) is 9.63. The van der Waals surface area contributed by atoms with Crippen LogP contribution >= 0.6 is 15.9 Å².